The molecule has 0 amide bonds. The quantitative estimate of drug-likeness (QED) is 0.925. The van der Waals surface area contributed by atoms with Crippen LogP contribution in [0.25, 0.3) is 10.7 Å². The normalized spacial score (nSPS) is 14.7. The zero-order valence-electron chi connectivity index (χ0n) is 9.26. The SMILES string of the molecule is O=C(O)c1sc(-c2ncccc2F)nc1C1CC1. The maximum absolute atomic E-state index is 13.6. The first-order chi connectivity index (χ1) is 8.66. The first-order valence-electron chi connectivity index (χ1n) is 5.51. The standard InChI is InChI=1S/C12H9FN2O2S/c13-7-2-1-5-14-9(7)11-15-8(6-3-4-6)10(18-11)12(16)17/h1-2,5-6H,3-4H2,(H,16,17). The molecule has 1 saturated carbocycles. The second-order valence-electron chi connectivity index (χ2n) is 4.15. The van der Waals surface area contributed by atoms with Crippen molar-refractivity contribution < 1.29 is 14.3 Å². The molecule has 18 heavy (non-hydrogen) atoms. The fourth-order valence-corrected chi connectivity index (χ4v) is 2.75. The molecule has 2 aromatic heterocycles. The zero-order chi connectivity index (χ0) is 12.7. The molecule has 3 rings (SSSR count). The molecule has 1 N–H and O–H groups in total. The summed E-state index contributed by atoms with van der Waals surface area (Å²) < 4.78 is 13.6. The lowest BCUT2D eigenvalue weighted by molar-refractivity contribution is 0.0700. The van der Waals surface area contributed by atoms with Gasteiger partial charge >= 0.3 is 5.97 Å². The molecule has 2 aromatic rings. The van der Waals surface area contributed by atoms with Crippen molar-refractivity contribution in [2.24, 2.45) is 0 Å². The number of hydrogen-bond donors (Lipinski definition) is 1. The topological polar surface area (TPSA) is 63.1 Å². The minimum absolute atomic E-state index is 0.122. The second kappa shape index (κ2) is 4.13. The number of hydrogen-bond acceptors (Lipinski definition) is 4. The monoisotopic (exact) mass is 264 g/mol. The summed E-state index contributed by atoms with van der Waals surface area (Å²) in [6.45, 7) is 0. The van der Waals surface area contributed by atoms with Crippen LogP contribution in [0.5, 0.6) is 0 Å². The molecule has 6 heteroatoms. The Labute approximate surface area is 106 Å². The molecule has 0 bridgehead atoms. The summed E-state index contributed by atoms with van der Waals surface area (Å²) in [5, 5.41) is 9.47. The summed E-state index contributed by atoms with van der Waals surface area (Å²) in [5.74, 6) is -1.27. The van der Waals surface area contributed by atoms with Crippen molar-refractivity contribution >= 4 is 17.3 Å². The molecule has 0 aliphatic heterocycles. The van der Waals surface area contributed by atoms with Gasteiger partial charge in [0.05, 0.1) is 5.69 Å². The van der Waals surface area contributed by atoms with Crippen LogP contribution in [0.3, 0.4) is 0 Å². The predicted molar refractivity (Wildman–Crippen MR) is 64.2 cm³/mol. The Bertz CT molecular complexity index is 622. The number of carboxylic acid groups (broad SMARTS) is 1. The molecule has 0 unspecified atom stereocenters. The Morgan fingerprint density at radius 2 is 2.28 bits per heavy atom. The van der Waals surface area contributed by atoms with E-state index in [2.05, 4.69) is 9.97 Å². The molecule has 92 valence electrons. The summed E-state index contributed by atoms with van der Waals surface area (Å²) in [6, 6.07) is 2.79. The van der Waals surface area contributed by atoms with Gasteiger partial charge in [0.1, 0.15) is 15.6 Å². The number of nitrogens with zero attached hydrogens (tertiary/aromatic N) is 2. The average Bonchev–Trinajstić information content (AvgIpc) is 3.09. The molecule has 4 nitrogen and oxygen atoms in total. The largest absolute Gasteiger partial charge is 0.477 e. The summed E-state index contributed by atoms with van der Waals surface area (Å²) in [6.07, 6.45) is 3.37. The van der Waals surface area contributed by atoms with Crippen molar-refractivity contribution in [1.29, 1.82) is 0 Å². The van der Waals surface area contributed by atoms with E-state index >= 15 is 0 Å². The van der Waals surface area contributed by atoms with E-state index in [1.165, 1.54) is 18.3 Å². The van der Waals surface area contributed by atoms with Gasteiger partial charge in [-0.25, -0.2) is 14.2 Å². The van der Waals surface area contributed by atoms with Crippen molar-refractivity contribution in [3.05, 3.63) is 34.7 Å². The van der Waals surface area contributed by atoms with Crippen LogP contribution in [-0.4, -0.2) is 21.0 Å². The van der Waals surface area contributed by atoms with Gasteiger partial charge in [0, 0.05) is 12.1 Å². The highest BCUT2D eigenvalue weighted by Crippen LogP contribution is 2.44. The van der Waals surface area contributed by atoms with Gasteiger partial charge in [0.2, 0.25) is 0 Å². The lowest BCUT2D eigenvalue weighted by Gasteiger charge is -1.95. The van der Waals surface area contributed by atoms with Crippen LogP contribution in [0, 0.1) is 5.82 Å². The number of carboxylic acids is 1. The van der Waals surface area contributed by atoms with Crippen molar-refractivity contribution in [2.45, 2.75) is 18.8 Å². The third-order valence-electron chi connectivity index (χ3n) is 2.77. The number of aromatic carboxylic acids is 1. The third-order valence-corrected chi connectivity index (χ3v) is 3.84. The highest BCUT2D eigenvalue weighted by molar-refractivity contribution is 7.17. The predicted octanol–water partition coefficient (Wildman–Crippen LogP) is 2.92. The fraction of sp³-hybridized carbons (Fsp3) is 0.250. The third kappa shape index (κ3) is 1.88. The van der Waals surface area contributed by atoms with Crippen molar-refractivity contribution in [3.63, 3.8) is 0 Å². The minimum atomic E-state index is -1.00. The molecule has 0 atom stereocenters. The highest BCUT2D eigenvalue weighted by Gasteiger charge is 2.32. The van der Waals surface area contributed by atoms with Crippen molar-refractivity contribution in [2.75, 3.05) is 0 Å². The number of aromatic nitrogens is 2. The Kier molecular flexibility index (Phi) is 2.59. The molecule has 1 aliphatic rings. The number of pyridine rings is 1. The first-order valence-corrected chi connectivity index (χ1v) is 6.33. The van der Waals surface area contributed by atoms with E-state index < -0.39 is 11.8 Å². The molecule has 0 saturated heterocycles. The van der Waals surface area contributed by atoms with Crippen LogP contribution in [0.1, 0.15) is 34.1 Å². The lowest BCUT2D eigenvalue weighted by Crippen LogP contribution is -1.97. The number of thiazole rings is 1. The number of halogens is 1. The summed E-state index contributed by atoms with van der Waals surface area (Å²) in [5.41, 5.74) is 0.699. The number of carbonyl (C=O) groups is 1. The smallest absolute Gasteiger partial charge is 0.347 e. The van der Waals surface area contributed by atoms with E-state index in [-0.39, 0.29) is 16.5 Å². The number of rotatable bonds is 3. The molecule has 1 aliphatic carbocycles. The minimum Gasteiger partial charge on any atom is -0.477 e. The van der Waals surface area contributed by atoms with Crippen LogP contribution in [0.2, 0.25) is 0 Å². The lowest BCUT2D eigenvalue weighted by atomic mass is 10.2. The van der Waals surface area contributed by atoms with Crippen molar-refractivity contribution in [1.82, 2.24) is 9.97 Å². The van der Waals surface area contributed by atoms with Gasteiger partial charge < -0.3 is 5.11 Å². The van der Waals surface area contributed by atoms with Crippen LogP contribution in [0.15, 0.2) is 18.3 Å². The van der Waals surface area contributed by atoms with Gasteiger partial charge in [-0.3, -0.25) is 4.98 Å². The molecule has 0 spiro atoms. The fourth-order valence-electron chi connectivity index (χ4n) is 1.76. The second-order valence-corrected chi connectivity index (χ2v) is 5.15. The van der Waals surface area contributed by atoms with Gasteiger partial charge in [-0.15, -0.1) is 11.3 Å². The molecule has 2 heterocycles. The van der Waals surface area contributed by atoms with E-state index in [0.29, 0.717) is 10.7 Å². The molecular weight excluding hydrogens is 255 g/mol. The first kappa shape index (κ1) is 11.3. The Morgan fingerprint density at radius 3 is 2.89 bits per heavy atom. The van der Waals surface area contributed by atoms with E-state index in [4.69, 9.17) is 5.11 Å². The Hall–Kier alpha value is -1.82. The van der Waals surface area contributed by atoms with Gasteiger partial charge in [0.25, 0.3) is 0 Å². The van der Waals surface area contributed by atoms with Crippen molar-refractivity contribution in [3.8, 4) is 10.7 Å². The van der Waals surface area contributed by atoms with E-state index in [9.17, 15) is 9.18 Å². The summed E-state index contributed by atoms with van der Waals surface area (Å²) >= 11 is 0.990. The zero-order valence-corrected chi connectivity index (χ0v) is 10.1. The molecule has 1 fully saturated rings. The maximum Gasteiger partial charge on any atom is 0.347 e. The van der Waals surface area contributed by atoms with Gasteiger partial charge in [-0.1, -0.05) is 0 Å². The molecule has 0 radical (unpaired) electrons. The van der Waals surface area contributed by atoms with Crippen LogP contribution < -0.4 is 0 Å². The maximum atomic E-state index is 13.6. The van der Waals surface area contributed by atoms with Gasteiger partial charge in [0.15, 0.2) is 5.82 Å². The Morgan fingerprint density at radius 1 is 1.50 bits per heavy atom. The van der Waals surface area contributed by atoms with Crippen LogP contribution in [-0.2, 0) is 0 Å². The van der Waals surface area contributed by atoms with Crippen LogP contribution in [0.4, 0.5) is 4.39 Å². The van der Waals surface area contributed by atoms with E-state index in [0.717, 1.165) is 24.2 Å². The summed E-state index contributed by atoms with van der Waals surface area (Å²) in [7, 11) is 0. The molecular formula is C12H9FN2O2S. The highest BCUT2D eigenvalue weighted by atomic mass is 32.1. The molecule has 0 aromatic carbocycles. The Balaban J connectivity index is 2.11. The van der Waals surface area contributed by atoms with E-state index in [1.54, 1.807) is 0 Å². The van der Waals surface area contributed by atoms with Gasteiger partial charge in [-0.2, -0.15) is 0 Å². The summed E-state index contributed by atoms with van der Waals surface area (Å²) in [4.78, 5) is 19.5. The van der Waals surface area contributed by atoms with Gasteiger partial charge in [-0.05, 0) is 25.0 Å². The van der Waals surface area contributed by atoms with Crippen LogP contribution >= 0.6 is 11.3 Å². The average molecular weight is 264 g/mol. The van der Waals surface area contributed by atoms with E-state index in [1.807, 2.05) is 0 Å².